The first-order valence-corrected chi connectivity index (χ1v) is 7.35. The molecule has 0 saturated heterocycles. The summed E-state index contributed by atoms with van der Waals surface area (Å²) < 4.78 is 3.13. The number of hydrogen-bond acceptors (Lipinski definition) is 2. The molecule has 1 aromatic carbocycles. The summed E-state index contributed by atoms with van der Waals surface area (Å²) in [5.74, 6) is 0.936. The SMILES string of the molecule is CCCn1ccnc1CC(O)c1ccc(C)c(Br)c1. The van der Waals surface area contributed by atoms with Crippen molar-refractivity contribution in [2.24, 2.45) is 0 Å². The Morgan fingerprint density at radius 3 is 2.89 bits per heavy atom. The predicted molar refractivity (Wildman–Crippen MR) is 80.1 cm³/mol. The van der Waals surface area contributed by atoms with Gasteiger partial charge in [0.15, 0.2) is 0 Å². The number of aliphatic hydroxyl groups is 1. The largest absolute Gasteiger partial charge is 0.388 e. The van der Waals surface area contributed by atoms with Crippen LogP contribution in [0, 0.1) is 6.92 Å². The average Bonchev–Trinajstić information content (AvgIpc) is 2.80. The number of aromatic nitrogens is 2. The van der Waals surface area contributed by atoms with Gasteiger partial charge in [0.2, 0.25) is 0 Å². The average molecular weight is 323 g/mol. The number of nitrogens with zero attached hydrogens (tertiary/aromatic N) is 2. The molecule has 0 aliphatic heterocycles. The molecule has 0 radical (unpaired) electrons. The first kappa shape index (κ1) is 14.3. The third-order valence-electron chi connectivity index (χ3n) is 3.22. The Morgan fingerprint density at radius 2 is 2.21 bits per heavy atom. The summed E-state index contributed by atoms with van der Waals surface area (Å²) >= 11 is 3.50. The number of imidazole rings is 1. The third-order valence-corrected chi connectivity index (χ3v) is 4.08. The second-order valence-electron chi connectivity index (χ2n) is 4.77. The minimum Gasteiger partial charge on any atom is -0.388 e. The van der Waals surface area contributed by atoms with Gasteiger partial charge in [0, 0.05) is 29.8 Å². The lowest BCUT2D eigenvalue weighted by Crippen LogP contribution is -2.09. The predicted octanol–water partition coefficient (Wildman–Crippen LogP) is 3.64. The van der Waals surface area contributed by atoms with Crippen LogP contribution in [0.25, 0.3) is 0 Å². The van der Waals surface area contributed by atoms with Gasteiger partial charge in [0.1, 0.15) is 5.82 Å². The van der Waals surface area contributed by atoms with Crippen molar-refractivity contribution in [3.05, 3.63) is 52.0 Å². The minimum atomic E-state index is -0.519. The smallest absolute Gasteiger partial charge is 0.111 e. The van der Waals surface area contributed by atoms with E-state index in [0.29, 0.717) is 6.42 Å². The van der Waals surface area contributed by atoms with E-state index >= 15 is 0 Å². The summed E-state index contributed by atoms with van der Waals surface area (Å²) in [5.41, 5.74) is 2.09. The van der Waals surface area contributed by atoms with Gasteiger partial charge in [-0.15, -0.1) is 0 Å². The van der Waals surface area contributed by atoms with Crippen LogP contribution in [0.3, 0.4) is 0 Å². The van der Waals surface area contributed by atoms with Gasteiger partial charge in [-0.2, -0.15) is 0 Å². The molecule has 0 aliphatic rings. The molecule has 1 atom stereocenters. The van der Waals surface area contributed by atoms with Crippen molar-refractivity contribution in [2.45, 2.75) is 39.3 Å². The van der Waals surface area contributed by atoms with Crippen LogP contribution < -0.4 is 0 Å². The first-order valence-electron chi connectivity index (χ1n) is 6.56. The summed E-state index contributed by atoms with van der Waals surface area (Å²) in [6, 6.07) is 5.96. The maximum absolute atomic E-state index is 10.3. The van der Waals surface area contributed by atoms with E-state index < -0.39 is 6.10 Å². The standard InChI is InChI=1S/C15H19BrN2O/c1-3-7-18-8-6-17-15(18)10-14(19)12-5-4-11(2)13(16)9-12/h4-6,8-9,14,19H,3,7,10H2,1-2H3. The monoisotopic (exact) mass is 322 g/mol. The summed E-state index contributed by atoms with van der Waals surface area (Å²) in [4.78, 5) is 4.33. The van der Waals surface area contributed by atoms with Crippen LogP contribution in [0.4, 0.5) is 0 Å². The van der Waals surface area contributed by atoms with Crippen molar-refractivity contribution < 1.29 is 5.11 Å². The normalized spacial score (nSPS) is 12.6. The molecule has 0 fully saturated rings. The molecular formula is C15H19BrN2O. The fraction of sp³-hybridized carbons (Fsp3) is 0.400. The van der Waals surface area contributed by atoms with E-state index in [1.807, 2.05) is 31.3 Å². The van der Waals surface area contributed by atoms with Crippen molar-refractivity contribution in [1.29, 1.82) is 0 Å². The topological polar surface area (TPSA) is 38.0 Å². The quantitative estimate of drug-likeness (QED) is 0.912. The fourth-order valence-electron chi connectivity index (χ4n) is 2.08. The number of benzene rings is 1. The van der Waals surface area contributed by atoms with Crippen molar-refractivity contribution >= 4 is 15.9 Å². The summed E-state index contributed by atoms with van der Waals surface area (Å²) in [5, 5.41) is 10.3. The highest BCUT2D eigenvalue weighted by molar-refractivity contribution is 9.10. The molecule has 19 heavy (non-hydrogen) atoms. The van der Waals surface area contributed by atoms with Crippen LogP contribution in [0.2, 0.25) is 0 Å². The fourth-order valence-corrected chi connectivity index (χ4v) is 2.48. The maximum atomic E-state index is 10.3. The number of hydrogen-bond donors (Lipinski definition) is 1. The molecule has 0 amide bonds. The Bertz CT molecular complexity index is 551. The van der Waals surface area contributed by atoms with E-state index in [2.05, 4.69) is 32.4 Å². The Balaban J connectivity index is 2.13. The molecule has 0 spiro atoms. The van der Waals surface area contributed by atoms with E-state index in [0.717, 1.165) is 28.8 Å². The molecule has 4 heteroatoms. The molecule has 0 saturated carbocycles. The van der Waals surface area contributed by atoms with Crippen molar-refractivity contribution in [3.8, 4) is 0 Å². The van der Waals surface area contributed by atoms with Gasteiger partial charge in [0.25, 0.3) is 0 Å². The lowest BCUT2D eigenvalue weighted by molar-refractivity contribution is 0.174. The summed E-state index contributed by atoms with van der Waals surface area (Å²) in [6.45, 7) is 5.12. The zero-order chi connectivity index (χ0) is 13.8. The highest BCUT2D eigenvalue weighted by atomic mass is 79.9. The molecule has 1 N–H and O–H groups in total. The van der Waals surface area contributed by atoms with E-state index in [1.165, 1.54) is 5.56 Å². The number of aliphatic hydroxyl groups excluding tert-OH is 1. The Labute approximate surface area is 122 Å². The van der Waals surface area contributed by atoms with Crippen molar-refractivity contribution in [3.63, 3.8) is 0 Å². The second-order valence-corrected chi connectivity index (χ2v) is 5.62. The molecule has 0 bridgehead atoms. The van der Waals surface area contributed by atoms with Gasteiger partial charge in [-0.25, -0.2) is 4.98 Å². The van der Waals surface area contributed by atoms with Gasteiger partial charge in [0.05, 0.1) is 6.10 Å². The highest BCUT2D eigenvalue weighted by Crippen LogP contribution is 2.24. The number of aryl methyl sites for hydroxylation is 2. The maximum Gasteiger partial charge on any atom is 0.111 e. The van der Waals surface area contributed by atoms with Crippen LogP contribution in [0.5, 0.6) is 0 Å². The van der Waals surface area contributed by atoms with Gasteiger partial charge >= 0.3 is 0 Å². The molecule has 2 aromatic rings. The molecule has 102 valence electrons. The molecule has 2 rings (SSSR count). The highest BCUT2D eigenvalue weighted by Gasteiger charge is 2.13. The number of rotatable bonds is 5. The Kier molecular flexibility index (Phi) is 4.77. The van der Waals surface area contributed by atoms with Crippen LogP contribution in [-0.4, -0.2) is 14.7 Å². The second kappa shape index (κ2) is 6.35. The molecule has 1 heterocycles. The Hall–Kier alpha value is -1.13. The van der Waals surface area contributed by atoms with Crippen molar-refractivity contribution in [2.75, 3.05) is 0 Å². The van der Waals surface area contributed by atoms with Gasteiger partial charge in [-0.05, 0) is 30.5 Å². The van der Waals surface area contributed by atoms with Gasteiger partial charge in [-0.3, -0.25) is 0 Å². The lowest BCUT2D eigenvalue weighted by atomic mass is 10.0. The number of halogens is 1. The van der Waals surface area contributed by atoms with Crippen LogP contribution in [-0.2, 0) is 13.0 Å². The van der Waals surface area contributed by atoms with E-state index in [4.69, 9.17) is 0 Å². The summed E-state index contributed by atoms with van der Waals surface area (Å²) in [7, 11) is 0. The molecule has 1 unspecified atom stereocenters. The molecule has 3 nitrogen and oxygen atoms in total. The summed E-state index contributed by atoms with van der Waals surface area (Å²) in [6.07, 6.45) is 4.85. The third kappa shape index (κ3) is 3.45. The van der Waals surface area contributed by atoms with Crippen LogP contribution in [0.1, 0.15) is 36.4 Å². The van der Waals surface area contributed by atoms with Gasteiger partial charge < -0.3 is 9.67 Å². The van der Waals surface area contributed by atoms with E-state index in [-0.39, 0.29) is 0 Å². The molecular weight excluding hydrogens is 304 g/mol. The van der Waals surface area contributed by atoms with Crippen LogP contribution >= 0.6 is 15.9 Å². The van der Waals surface area contributed by atoms with E-state index in [9.17, 15) is 5.11 Å². The van der Waals surface area contributed by atoms with Gasteiger partial charge in [-0.1, -0.05) is 35.0 Å². The zero-order valence-corrected chi connectivity index (χ0v) is 12.9. The lowest BCUT2D eigenvalue weighted by Gasteiger charge is -2.13. The molecule has 1 aromatic heterocycles. The first-order chi connectivity index (χ1) is 9.11. The Morgan fingerprint density at radius 1 is 1.42 bits per heavy atom. The van der Waals surface area contributed by atoms with Crippen molar-refractivity contribution in [1.82, 2.24) is 9.55 Å². The van der Waals surface area contributed by atoms with Crippen LogP contribution in [0.15, 0.2) is 35.1 Å². The van der Waals surface area contributed by atoms with E-state index in [1.54, 1.807) is 6.20 Å². The minimum absolute atomic E-state index is 0.519. The zero-order valence-electron chi connectivity index (χ0n) is 11.3. The molecule has 0 aliphatic carbocycles.